The van der Waals surface area contributed by atoms with Crippen molar-refractivity contribution in [1.82, 2.24) is 25.1 Å². The lowest BCUT2D eigenvalue weighted by Crippen LogP contribution is -1.92. The van der Waals surface area contributed by atoms with Crippen LogP contribution in [0.4, 0.5) is 0 Å². The molecule has 0 aliphatic carbocycles. The van der Waals surface area contributed by atoms with Gasteiger partial charge in [0.1, 0.15) is 6.33 Å². The minimum atomic E-state index is 0.770. The van der Waals surface area contributed by atoms with E-state index < -0.39 is 0 Å². The number of aromatic nitrogens is 5. The van der Waals surface area contributed by atoms with Gasteiger partial charge in [0.2, 0.25) is 0 Å². The molecule has 0 bridgehead atoms. The molecule has 1 N–H and O–H groups in total. The first-order valence-corrected chi connectivity index (χ1v) is 6.58. The molecule has 0 unspecified atom stereocenters. The lowest BCUT2D eigenvalue weighted by molar-refractivity contribution is 1.10. The van der Waals surface area contributed by atoms with Crippen molar-refractivity contribution in [2.45, 2.75) is 0 Å². The SMILES string of the molecule is c1ccc(-c2nc3[nH]ncc3cc2-c2ccncn2)cc1. The maximum absolute atomic E-state index is 4.70. The fraction of sp³-hybridized carbons (Fsp3) is 0. The van der Waals surface area contributed by atoms with Gasteiger partial charge in [0, 0.05) is 22.7 Å². The quantitative estimate of drug-likeness (QED) is 0.609. The summed E-state index contributed by atoms with van der Waals surface area (Å²) in [6.07, 6.45) is 5.04. The number of aromatic amines is 1. The molecule has 3 aromatic heterocycles. The summed E-state index contributed by atoms with van der Waals surface area (Å²) >= 11 is 0. The van der Waals surface area contributed by atoms with Gasteiger partial charge in [0.25, 0.3) is 0 Å². The Morgan fingerprint density at radius 1 is 1.00 bits per heavy atom. The molecule has 5 nitrogen and oxygen atoms in total. The van der Waals surface area contributed by atoms with Crippen molar-refractivity contribution in [2.24, 2.45) is 0 Å². The third-order valence-corrected chi connectivity index (χ3v) is 3.33. The number of pyridine rings is 1. The van der Waals surface area contributed by atoms with Crippen molar-refractivity contribution in [2.75, 3.05) is 0 Å². The first-order chi connectivity index (χ1) is 10.4. The highest BCUT2D eigenvalue weighted by Gasteiger charge is 2.12. The van der Waals surface area contributed by atoms with Crippen LogP contribution < -0.4 is 0 Å². The van der Waals surface area contributed by atoms with Gasteiger partial charge in [-0.25, -0.2) is 15.0 Å². The van der Waals surface area contributed by atoms with Crippen molar-refractivity contribution in [1.29, 1.82) is 0 Å². The maximum Gasteiger partial charge on any atom is 0.155 e. The second kappa shape index (κ2) is 4.79. The van der Waals surface area contributed by atoms with Crippen LogP contribution in [0.2, 0.25) is 0 Å². The molecule has 0 saturated carbocycles. The zero-order valence-corrected chi connectivity index (χ0v) is 11.1. The van der Waals surface area contributed by atoms with Gasteiger partial charge < -0.3 is 0 Å². The van der Waals surface area contributed by atoms with E-state index in [4.69, 9.17) is 4.98 Å². The minimum Gasteiger partial charge on any atom is -0.261 e. The molecule has 5 heteroatoms. The van der Waals surface area contributed by atoms with E-state index in [1.54, 1.807) is 18.7 Å². The summed E-state index contributed by atoms with van der Waals surface area (Å²) in [4.78, 5) is 13.0. The molecule has 1 aromatic carbocycles. The Labute approximate surface area is 120 Å². The van der Waals surface area contributed by atoms with Crippen LogP contribution in [0.3, 0.4) is 0 Å². The van der Waals surface area contributed by atoms with E-state index >= 15 is 0 Å². The maximum atomic E-state index is 4.70. The lowest BCUT2D eigenvalue weighted by Gasteiger charge is -2.08. The number of nitrogens with zero attached hydrogens (tertiary/aromatic N) is 4. The van der Waals surface area contributed by atoms with Gasteiger partial charge in [-0.1, -0.05) is 30.3 Å². The van der Waals surface area contributed by atoms with Gasteiger partial charge in [0.05, 0.1) is 17.6 Å². The largest absolute Gasteiger partial charge is 0.261 e. The van der Waals surface area contributed by atoms with Crippen molar-refractivity contribution in [3.8, 4) is 22.5 Å². The van der Waals surface area contributed by atoms with E-state index in [0.717, 1.165) is 33.5 Å². The van der Waals surface area contributed by atoms with Crippen LogP contribution in [0.15, 0.2) is 61.2 Å². The molecule has 0 spiro atoms. The van der Waals surface area contributed by atoms with Crippen LogP contribution in [0.5, 0.6) is 0 Å². The molecule has 0 aliphatic rings. The molecule has 0 saturated heterocycles. The molecule has 21 heavy (non-hydrogen) atoms. The lowest BCUT2D eigenvalue weighted by atomic mass is 10.0. The van der Waals surface area contributed by atoms with E-state index in [1.807, 2.05) is 36.4 Å². The second-order valence-electron chi connectivity index (χ2n) is 4.65. The van der Waals surface area contributed by atoms with Crippen LogP contribution in [0, 0.1) is 0 Å². The van der Waals surface area contributed by atoms with E-state index in [-0.39, 0.29) is 0 Å². The highest BCUT2D eigenvalue weighted by atomic mass is 15.1. The van der Waals surface area contributed by atoms with Gasteiger partial charge in [-0.2, -0.15) is 5.10 Å². The Morgan fingerprint density at radius 3 is 2.71 bits per heavy atom. The molecule has 0 radical (unpaired) electrons. The van der Waals surface area contributed by atoms with Crippen LogP contribution in [-0.4, -0.2) is 25.1 Å². The number of nitrogens with one attached hydrogen (secondary N) is 1. The highest BCUT2D eigenvalue weighted by Crippen LogP contribution is 2.31. The fourth-order valence-electron chi connectivity index (χ4n) is 2.34. The van der Waals surface area contributed by atoms with E-state index in [2.05, 4.69) is 26.2 Å². The number of H-pyrrole nitrogens is 1. The molecule has 0 fully saturated rings. The van der Waals surface area contributed by atoms with Crippen LogP contribution in [0.25, 0.3) is 33.5 Å². The number of hydrogen-bond acceptors (Lipinski definition) is 4. The average molecular weight is 273 g/mol. The first-order valence-electron chi connectivity index (χ1n) is 6.58. The summed E-state index contributed by atoms with van der Waals surface area (Å²) in [5.41, 5.74) is 4.51. The Hall–Kier alpha value is -3.08. The monoisotopic (exact) mass is 273 g/mol. The van der Waals surface area contributed by atoms with E-state index in [1.165, 1.54) is 0 Å². The summed E-state index contributed by atoms with van der Waals surface area (Å²) in [7, 11) is 0. The Morgan fingerprint density at radius 2 is 1.90 bits per heavy atom. The summed E-state index contributed by atoms with van der Waals surface area (Å²) in [6.45, 7) is 0. The van der Waals surface area contributed by atoms with Crippen molar-refractivity contribution in [3.63, 3.8) is 0 Å². The molecule has 100 valence electrons. The second-order valence-corrected chi connectivity index (χ2v) is 4.65. The third-order valence-electron chi connectivity index (χ3n) is 3.33. The minimum absolute atomic E-state index is 0.770. The number of rotatable bonds is 2. The zero-order valence-electron chi connectivity index (χ0n) is 11.1. The number of hydrogen-bond donors (Lipinski definition) is 1. The molecule has 0 atom stereocenters. The van der Waals surface area contributed by atoms with Gasteiger partial charge in [-0.3, -0.25) is 5.10 Å². The van der Waals surface area contributed by atoms with Crippen LogP contribution in [0.1, 0.15) is 0 Å². The predicted octanol–water partition coefficient (Wildman–Crippen LogP) is 3.08. The highest BCUT2D eigenvalue weighted by molar-refractivity contribution is 5.88. The summed E-state index contributed by atoms with van der Waals surface area (Å²) < 4.78 is 0. The van der Waals surface area contributed by atoms with Crippen molar-refractivity contribution >= 4 is 11.0 Å². The Balaban J connectivity index is 2.03. The molecular formula is C16H11N5. The van der Waals surface area contributed by atoms with Gasteiger partial charge in [-0.05, 0) is 12.1 Å². The molecule has 3 heterocycles. The van der Waals surface area contributed by atoms with Crippen LogP contribution >= 0.6 is 0 Å². The zero-order chi connectivity index (χ0) is 14.1. The topological polar surface area (TPSA) is 67.3 Å². The Bertz CT molecular complexity index is 811. The van der Waals surface area contributed by atoms with E-state index in [0.29, 0.717) is 0 Å². The molecule has 4 rings (SSSR count). The molecule has 0 aliphatic heterocycles. The fourth-order valence-corrected chi connectivity index (χ4v) is 2.34. The molecule has 0 amide bonds. The normalized spacial score (nSPS) is 10.9. The van der Waals surface area contributed by atoms with Gasteiger partial charge in [0.15, 0.2) is 5.65 Å². The van der Waals surface area contributed by atoms with E-state index in [9.17, 15) is 0 Å². The van der Waals surface area contributed by atoms with Gasteiger partial charge in [-0.15, -0.1) is 0 Å². The number of benzene rings is 1. The van der Waals surface area contributed by atoms with Crippen LogP contribution in [-0.2, 0) is 0 Å². The predicted molar refractivity (Wildman–Crippen MR) is 80.4 cm³/mol. The molecule has 4 aromatic rings. The van der Waals surface area contributed by atoms with Crippen molar-refractivity contribution in [3.05, 3.63) is 61.2 Å². The Kier molecular flexibility index (Phi) is 2.67. The van der Waals surface area contributed by atoms with Gasteiger partial charge >= 0.3 is 0 Å². The average Bonchev–Trinajstić information content (AvgIpc) is 3.03. The smallest absolute Gasteiger partial charge is 0.155 e. The first kappa shape index (κ1) is 11.7. The molecular weight excluding hydrogens is 262 g/mol. The summed E-state index contributed by atoms with van der Waals surface area (Å²) in [6, 6.07) is 14.0. The number of fused-ring (bicyclic) bond motifs is 1. The third kappa shape index (κ3) is 2.04. The van der Waals surface area contributed by atoms with Crippen molar-refractivity contribution < 1.29 is 0 Å². The standard InChI is InChI=1S/C16H11N5/c1-2-4-11(5-3-1)15-13(14-6-7-17-10-18-14)8-12-9-19-21-16(12)20-15/h1-10H,(H,19,20,21). The summed E-state index contributed by atoms with van der Waals surface area (Å²) in [5.74, 6) is 0. The summed E-state index contributed by atoms with van der Waals surface area (Å²) in [5, 5.41) is 7.93.